The maximum atomic E-state index is 13.4. The molecule has 0 bridgehead atoms. The number of aryl methyl sites for hydroxylation is 1. The Hall–Kier alpha value is -3.14. The number of carbonyl (C=O) groups is 1. The Morgan fingerprint density at radius 2 is 1.91 bits per heavy atom. The van der Waals surface area contributed by atoms with Gasteiger partial charge in [0.15, 0.2) is 5.65 Å². The van der Waals surface area contributed by atoms with Crippen molar-refractivity contribution in [1.29, 1.82) is 0 Å². The number of hydrogen-bond donors (Lipinski definition) is 1. The maximum absolute atomic E-state index is 13.4. The molecule has 6 rings (SSSR count). The summed E-state index contributed by atoms with van der Waals surface area (Å²) in [4.78, 5) is 22.1. The zero-order chi connectivity index (χ0) is 24.3. The first-order valence-corrected chi connectivity index (χ1v) is 12.1. The third-order valence-electron chi connectivity index (χ3n) is 7.48. The van der Waals surface area contributed by atoms with Gasteiger partial charge in [0.25, 0.3) is 0 Å². The van der Waals surface area contributed by atoms with Gasteiger partial charge in [-0.2, -0.15) is 22.8 Å². The van der Waals surface area contributed by atoms with E-state index in [4.69, 9.17) is 4.98 Å². The van der Waals surface area contributed by atoms with Gasteiger partial charge in [0.2, 0.25) is 5.91 Å². The molecule has 1 fully saturated rings. The van der Waals surface area contributed by atoms with Crippen LogP contribution in [0.25, 0.3) is 5.65 Å². The van der Waals surface area contributed by atoms with Gasteiger partial charge in [-0.15, -0.1) is 0 Å². The molecule has 0 atom stereocenters. The predicted molar refractivity (Wildman–Crippen MR) is 124 cm³/mol. The first kappa shape index (κ1) is 22.3. The zero-order valence-corrected chi connectivity index (χ0v) is 19.5. The quantitative estimate of drug-likeness (QED) is 0.606. The van der Waals surface area contributed by atoms with Crippen molar-refractivity contribution in [2.75, 3.05) is 37.6 Å². The molecule has 10 heteroatoms. The lowest BCUT2D eigenvalue weighted by molar-refractivity contribution is -0.139. The molecule has 0 unspecified atom stereocenters. The van der Waals surface area contributed by atoms with Crippen LogP contribution < -0.4 is 10.2 Å². The minimum atomic E-state index is -4.37. The summed E-state index contributed by atoms with van der Waals surface area (Å²) in [5.41, 5.74) is 4.48. The number of benzene rings is 1. The van der Waals surface area contributed by atoms with Crippen LogP contribution in [0.15, 0.2) is 24.4 Å². The van der Waals surface area contributed by atoms with Crippen LogP contribution in [0.5, 0.6) is 0 Å². The molecule has 5 heterocycles. The van der Waals surface area contributed by atoms with Gasteiger partial charge in [-0.3, -0.25) is 4.79 Å². The van der Waals surface area contributed by atoms with Crippen molar-refractivity contribution in [2.24, 2.45) is 5.92 Å². The molecular weight excluding hydrogens is 457 g/mol. The van der Waals surface area contributed by atoms with Crippen LogP contribution in [-0.2, 0) is 36.8 Å². The highest BCUT2D eigenvalue weighted by Gasteiger charge is 2.40. The highest BCUT2D eigenvalue weighted by Crippen LogP contribution is 2.37. The molecule has 3 aromatic rings. The molecule has 3 aliphatic heterocycles. The molecule has 0 aliphatic carbocycles. The lowest BCUT2D eigenvalue weighted by Gasteiger charge is -2.43. The third kappa shape index (κ3) is 3.74. The van der Waals surface area contributed by atoms with Gasteiger partial charge in [0.1, 0.15) is 5.82 Å². The number of alkyl halides is 3. The van der Waals surface area contributed by atoms with Crippen molar-refractivity contribution in [3.05, 3.63) is 57.9 Å². The standard InChI is InChI=1S/C25H27F3N6O/c1-15-11-30-34-22(15)31-21-6-9-29-8-5-19(21)23(34)33-13-17(14-33)24(35)32-10-7-18-16(12-32)3-2-4-20(18)25(26,27)28/h2-4,11,17,29H,5-10,12-14H2,1H3. The van der Waals surface area contributed by atoms with Crippen molar-refractivity contribution in [3.63, 3.8) is 0 Å². The van der Waals surface area contributed by atoms with E-state index in [1.807, 2.05) is 17.6 Å². The number of anilines is 1. The Balaban J connectivity index is 1.22. The molecule has 1 amide bonds. The van der Waals surface area contributed by atoms with Crippen molar-refractivity contribution in [3.8, 4) is 0 Å². The Morgan fingerprint density at radius 1 is 1.11 bits per heavy atom. The van der Waals surface area contributed by atoms with Crippen molar-refractivity contribution >= 4 is 17.4 Å². The predicted octanol–water partition coefficient (Wildman–Crippen LogP) is 2.77. The van der Waals surface area contributed by atoms with E-state index in [0.717, 1.165) is 54.7 Å². The Kier molecular flexibility index (Phi) is 5.24. The van der Waals surface area contributed by atoms with Crippen LogP contribution in [0.4, 0.5) is 19.0 Å². The summed E-state index contributed by atoms with van der Waals surface area (Å²) in [6.45, 7) is 5.45. The summed E-state index contributed by atoms with van der Waals surface area (Å²) in [7, 11) is 0. The second-order valence-corrected chi connectivity index (χ2v) is 9.73. The van der Waals surface area contributed by atoms with Gasteiger partial charge < -0.3 is 15.1 Å². The van der Waals surface area contributed by atoms with Crippen LogP contribution >= 0.6 is 0 Å². The van der Waals surface area contributed by atoms with E-state index < -0.39 is 11.7 Å². The highest BCUT2D eigenvalue weighted by atomic mass is 19.4. The van der Waals surface area contributed by atoms with Gasteiger partial charge in [-0.05, 0) is 43.5 Å². The smallest absolute Gasteiger partial charge is 0.354 e. The van der Waals surface area contributed by atoms with Gasteiger partial charge in [-0.1, -0.05) is 12.1 Å². The van der Waals surface area contributed by atoms with Crippen molar-refractivity contribution < 1.29 is 18.0 Å². The molecule has 7 nitrogen and oxygen atoms in total. The second-order valence-electron chi connectivity index (χ2n) is 9.73. The summed E-state index contributed by atoms with van der Waals surface area (Å²) >= 11 is 0. The number of nitrogens with one attached hydrogen (secondary N) is 1. The average molecular weight is 485 g/mol. The van der Waals surface area contributed by atoms with E-state index >= 15 is 0 Å². The Labute approximate surface area is 200 Å². The van der Waals surface area contributed by atoms with E-state index in [-0.39, 0.29) is 24.8 Å². The summed E-state index contributed by atoms with van der Waals surface area (Å²) in [5, 5.41) is 8.01. The van der Waals surface area contributed by atoms with Crippen molar-refractivity contribution in [1.82, 2.24) is 24.8 Å². The molecule has 0 radical (unpaired) electrons. The normalized spacial score (nSPS) is 18.7. The van der Waals surface area contributed by atoms with E-state index in [1.54, 1.807) is 11.0 Å². The number of nitrogens with zero attached hydrogens (tertiary/aromatic N) is 5. The fourth-order valence-electron chi connectivity index (χ4n) is 5.63. The summed E-state index contributed by atoms with van der Waals surface area (Å²) in [5.74, 6) is 0.852. The number of rotatable bonds is 2. The first-order valence-electron chi connectivity index (χ1n) is 12.1. The molecule has 184 valence electrons. The van der Waals surface area contributed by atoms with Crippen LogP contribution in [0, 0.1) is 12.8 Å². The topological polar surface area (TPSA) is 65.8 Å². The first-order chi connectivity index (χ1) is 16.8. The Morgan fingerprint density at radius 3 is 2.71 bits per heavy atom. The number of fused-ring (bicyclic) bond motifs is 3. The molecule has 1 saturated heterocycles. The fourth-order valence-corrected chi connectivity index (χ4v) is 5.63. The lowest BCUT2D eigenvalue weighted by atomic mass is 9.91. The van der Waals surface area contributed by atoms with Crippen LogP contribution in [-0.4, -0.2) is 58.1 Å². The minimum Gasteiger partial charge on any atom is -0.354 e. The molecule has 0 spiro atoms. The number of aromatic nitrogens is 3. The molecular formula is C25H27F3N6O. The van der Waals surface area contributed by atoms with Crippen molar-refractivity contribution in [2.45, 2.75) is 38.9 Å². The van der Waals surface area contributed by atoms with Gasteiger partial charge >= 0.3 is 6.18 Å². The number of hydrogen-bond acceptors (Lipinski definition) is 5. The number of halogens is 3. The van der Waals surface area contributed by atoms with Crippen LogP contribution in [0.3, 0.4) is 0 Å². The molecule has 1 aromatic carbocycles. The molecule has 3 aliphatic rings. The molecule has 1 N–H and O–H groups in total. The largest absolute Gasteiger partial charge is 0.416 e. The van der Waals surface area contributed by atoms with E-state index in [1.165, 1.54) is 11.6 Å². The Bertz CT molecular complexity index is 1310. The summed E-state index contributed by atoms with van der Waals surface area (Å²) in [6, 6.07) is 4.27. The SMILES string of the molecule is Cc1cnn2c(N3CC(C(=O)N4CCc5c(cccc5C(F)(F)F)C4)C3)c3c(nc12)CCNCC3. The van der Waals surface area contributed by atoms with Crippen LogP contribution in [0.2, 0.25) is 0 Å². The molecule has 2 aromatic heterocycles. The van der Waals surface area contributed by atoms with Gasteiger partial charge in [0.05, 0.1) is 23.4 Å². The second kappa shape index (κ2) is 8.22. The minimum absolute atomic E-state index is 0.0130. The third-order valence-corrected chi connectivity index (χ3v) is 7.48. The zero-order valence-electron chi connectivity index (χ0n) is 19.5. The van der Waals surface area contributed by atoms with Gasteiger partial charge in [-0.25, -0.2) is 4.98 Å². The average Bonchev–Trinajstić information content (AvgIpc) is 3.01. The van der Waals surface area contributed by atoms with E-state index in [2.05, 4.69) is 15.3 Å². The fraction of sp³-hybridized carbons (Fsp3) is 0.480. The summed E-state index contributed by atoms with van der Waals surface area (Å²) in [6.07, 6.45) is -0.615. The number of amides is 1. The van der Waals surface area contributed by atoms with E-state index in [9.17, 15) is 18.0 Å². The summed E-state index contributed by atoms with van der Waals surface area (Å²) < 4.78 is 42.1. The highest BCUT2D eigenvalue weighted by molar-refractivity contribution is 5.82. The van der Waals surface area contributed by atoms with Gasteiger partial charge in [0, 0.05) is 50.3 Å². The number of carbonyl (C=O) groups excluding carboxylic acids is 1. The lowest BCUT2D eigenvalue weighted by Crippen LogP contribution is -2.56. The van der Waals surface area contributed by atoms with Crippen LogP contribution in [0.1, 0.15) is 33.5 Å². The molecule has 35 heavy (non-hydrogen) atoms. The maximum Gasteiger partial charge on any atom is 0.416 e. The van der Waals surface area contributed by atoms with E-state index in [0.29, 0.717) is 30.8 Å². The molecule has 0 saturated carbocycles. The monoisotopic (exact) mass is 484 g/mol.